The van der Waals surface area contributed by atoms with Crippen molar-refractivity contribution in [3.8, 4) is 0 Å². The standard InChI is InChI=1S/C15H24N4O2/c1-18-13(6-7-16-18)10-19-8-9-21-14(11-19)15(20)17-12-4-2-3-5-12/h6-7,12,14H,2-5,8-11H2,1H3,(H,17,20). The van der Waals surface area contributed by atoms with Gasteiger partial charge in [-0.1, -0.05) is 12.8 Å². The quantitative estimate of drug-likeness (QED) is 0.886. The van der Waals surface area contributed by atoms with Gasteiger partial charge in [-0.05, 0) is 18.9 Å². The van der Waals surface area contributed by atoms with Crippen LogP contribution in [0.1, 0.15) is 31.4 Å². The van der Waals surface area contributed by atoms with Crippen LogP contribution in [0, 0.1) is 0 Å². The summed E-state index contributed by atoms with van der Waals surface area (Å²) in [6.07, 6.45) is 6.13. The zero-order valence-electron chi connectivity index (χ0n) is 12.6. The number of hydrogen-bond acceptors (Lipinski definition) is 4. The molecule has 1 N–H and O–H groups in total. The summed E-state index contributed by atoms with van der Waals surface area (Å²) in [6, 6.07) is 2.37. The molecule has 1 saturated heterocycles. The van der Waals surface area contributed by atoms with Gasteiger partial charge in [0.05, 0.1) is 12.3 Å². The maximum atomic E-state index is 12.3. The van der Waals surface area contributed by atoms with Gasteiger partial charge in [-0.3, -0.25) is 14.4 Å². The van der Waals surface area contributed by atoms with Crippen LogP contribution in [0.5, 0.6) is 0 Å². The van der Waals surface area contributed by atoms with Gasteiger partial charge in [0.2, 0.25) is 0 Å². The predicted molar refractivity (Wildman–Crippen MR) is 78.6 cm³/mol. The summed E-state index contributed by atoms with van der Waals surface area (Å²) >= 11 is 0. The first kappa shape index (κ1) is 14.5. The number of aromatic nitrogens is 2. The number of amides is 1. The molecular weight excluding hydrogens is 268 g/mol. The monoisotopic (exact) mass is 292 g/mol. The lowest BCUT2D eigenvalue weighted by Crippen LogP contribution is -2.51. The first-order valence-electron chi connectivity index (χ1n) is 7.83. The van der Waals surface area contributed by atoms with E-state index in [-0.39, 0.29) is 12.0 Å². The Labute approximate surface area is 125 Å². The largest absolute Gasteiger partial charge is 0.366 e. The highest BCUT2D eigenvalue weighted by atomic mass is 16.5. The molecular formula is C15H24N4O2. The number of ether oxygens (including phenoxy) is 1. The third-order valence-corrected chi connectivity index (χ3v) is 4.45. The third kappa shape index (κ3) is 3.63. The Bertz CT molecular complexity index is 482. The smallest absolute Gasteiger partial charge is 0.250 e. The van der Waals surface area contributed by atoms with Crippen LogP contribution in [0.3, 0.4) is 0 Å². The van der Waals surface area contributed by atoms with Gasteiger partial charge in [0.1, 0.15) is 6.10 Å². The highest BCUT2D eigenvalue weighted by Gasteiger charge is 2.29. The van der Waals surface area contributed by atoms with Gasteiger partial charge < -0.3 is 10.1 Å². The van der Waals surface area contributed by atoms with Crippen molar-refractivity contribution >= 4 is 5.91 Å². The topological polar surface area (TPSA) is 59.4 Å². The van der Waals surface area contributed by atoms with Gasteiger partial charge in [-0.25, -0.2) is 0 Å². The number of carbonyl (C=O) groups is 1. The van der Waals surface area contributed by atoms with Gasteiger partial charge in [0, 0.05) is 38.9 Å². The van der Waals surface area contributed by atoms with Crippen molar-refractivity contribution in [3.05, 3.63) is 18.0 Å². The van der Waals surface area contributed by atoms with Crippen molar-refractivity contribution in [2.24, 2.45) is 7.05 Å². The zero-order valence-corrected chi connectivity index (χ0v) is 12.6. The van der Waals surface area contributed by atoms with E-state index in [2.05, 4.69) is 15.3 Å². The molecule has 21 heavy (non-hydrogen) atoms. The summed E-state index contributed by atoms with van der Waals surface area (Å²) < 4.78 is 7.53. The van der Waals surface area contributed by atoms with E-state index in [4.69, 9.17) is 4.74 Å². The molecule has 2 fully saturated rings. The Morgan fingerprint density at radius 2 is 2.29 bits per heavy atom. The van der Waals surface area contributed by atoms with E-state index in [1.165, 1.54) is 12.8 Å². The van der Waals surface area contributed by atoms with E-state index in [1.807, 2.05) is 17.8 Å². The van der Waals surface area contributed by atoms with Crippen LogP contribution >= 0.6 is 0 Å². The Morgan fingerprint density at radius 1 is 1.48 bits per heavy atom. The molecule has 1 aliphatic carbocycles. The van der Waals surface area contributed by atoms with Crippen LogP contribution in [0.25, 0.3) is 0 Å². The second kappa shape index (κ2) is 6.58. The van der Waals surface area contributed by atoms with Crippen molar-refractivity contribution in [1.29, 1.82) is 0 Å². The van der Waals surface area contributed by atoms with Crippen LogP contribution in [0.4, 0.5) is 0 Å². The summed E-state index contributed by atoms with van der Waals surface area (Å²) in [5, 5.41) is 7.32. The van der Waals surface area contributed by atoms with E-state index in [0.717, 1.165) is 31.6 Å². The van der Waals surface area contributed by atoms with E-state index < -0.39 is 0 Å². The van der Waals surface area contributed by atoms with Crippen molar-refractivity contribution < 1.29 is 9.53 Å². The lowest BCUT2D eigenvalue weighted by Gasteiger charge is -2.32. The fourth-order valence-electron chi connectivity index (χ4n) is 3.15. The van der Waals surface area contributed by atoms with Crippen molar-refractivity contribution in [2.75, 3.05) is 19.7 Å². The molecule has 1 saturated carbocycles. The fraction of sp³-hybridized carbons (Fsp3) is 0.733. The molecule has 3 rings (SSSR count). The third-order valence-electron chi connectivity index (χ3n) is 4.45. The molecule has 6 heteroatoms. The molecule has 1 aliphatic heterocycles. The SMILES string of the molecule is Cn1nccc1CN1CCOC(C(=O)NC2CCCC2)C1. The summed E-state index contributed by atoms with van der Waals surface area (Å²) in [7, 11) is 1.94. The minimum Gasteiger partial charge on any atom is -0.366 e. The molecule has 6 nitrogen and oxygen atoms in total. The number of morpholine rings is 1. The number of rotatable bonds is 4. The maximum Gasteiger partial charge on any atom is 0.250 e. The average molecular weight is 292 g/mol. The normalized spacial score (nSPS) is 24.3. The minimum atomic E-state index is -0.340. The molecule has 1 unspecified atom stereocenters. The van der Waals surface area contributed by atoms with Crippen LogP contribution in [-0.2, 0) is 23.1 Å². The number of hydrogen-bond donors (Lipinski definition) is 1. The van der Waals surface area contributed by atoms with Crippen LogP contribution < -0.4 is 5.32 Å². The van der Waals surface area contributed by atoms with Crippen LogP contribution in [0.2, 0.25) is 0 Å². The summed E-state index contributed by atoms with van der Waals surface area (Å²) in [6.45, 7) is 2.94. The second-order valence-corrected chi connectivity index (χ2v) is 6.03. The number of nitrogens with zero attached hydrogens (tertiary/aromatic N) is 3. The van der Waals surface area contributed by atoms with Gasteiger partial charge in [0.15, 0.2) is 0 Å². The van der Waals surface area contributed by atoms with Crippen LogP contribution in [-0.4, -0.2) is 52.4 Å². The fourth-order valence-corrected chi connectivity index (χ4v) is 3.15. The molecule has 1 aromatic heterocycles. The molecule has 1 amide bonds. The molecule has 0 radical (unpaired) electrons. The van der Waals surface area contributed by atoms with E-state index in [9.17, 15) is 4.79 Å². The Hall–Kier alpha value is -1.40. The summed E-state index contributed by atoms with van der Waals surface area (Å²) in [5.41, 5.74) is 1.16. The Kier molecular flexibility index (Phi) is 4.55. The predicted octanol–water partition coefficient (Wildman–Crippen LogP) is 0.680. The average Bonchev–Trinajstić information content (AvgIpc) is 3.12. The van der Waals surface area contributed by atoms with E-state index in [0.29, 0.717) is 19.2 Å². The first-order valence-corrected chi connectivity index (χ1v) is 7.83. The number of carbonyl (C=O) groups excluding carboxylic acids is 1. The lowest BCUT2D eigenvalue weighted by atomic mass is 10.2. The molecule has 2 aliphatic rings. The van der Waals surface area contributed by atoms with Crippen LogP contribution in [0.15, 0.2) is 12.3 Å². The van der Waals surface area contributed by atoms with Gasteiger partial charge >= 0.3 is 0 Å². The molecule has 0 aromatic carbocycles. The highest BCUT2D eigenvalue weighted by Crippen LogP contribution is 2.18. The Balaban J connectivity index is 1.52. The van der Waals surface area contributed by atoms with E-state index in [1.54, 1.807) is 6.20 Å². The van der Waals surface area contributed by atoms with Gasteiger partial charge in [0.25, 0.3) is 5.91 Å². The Morgan fingerprint density at radius 3 is 3.00 bits per heavy atom. The lowest BCUT2D eigenvalue weighted by molar-refractivity contribution is -0.139. The van der Waals surface area contributed by atoms with Crippen molar-refractivity contribution in [1.82, 2.24) is 20.0 Å². The number of aryl methyl sites for hydroxylation is 1. The minimum absolute atomic E-state index is 0.0524. The highest BCUT2D eigenvalue weighted by molar-refractivity contribution is 5.81. The first-order chi connectivity index (χ1) is 10.2. The second-order valence-electron chi connectivity index (χ2n) is 6.03. The van der Waals surface area contributed by atoms with Gasteiger partial charge in [-0.2, -0.15) is 5.10 Å². The summed E-state index contributed by atoms with van der Waals surface area (Å²) in [5.74, 6) is 0.0524. The molecule has 2 heterocycles. The number of nitrogens with one attached hydrogen (secondary N) is 1. The van der Waals surface area contributed by atoms with E-state index >= 15 is 0 Å². The molecule has 0 spiro atoms. The molecule has 1 aromatic rings. The molecule has 116 valence electrons. The molecule has 1 atom stereocenters. The summed E-state index contributed by atoms with van der Waals surface area (Å²) in [4.78, 5) is 14.6. The van der Waals surface area contributed by atoms with Crippen molar-refractivity contribution in [3.63, 3.8) is 0 Å². The van der Waals surface area contributed by atoms with Crippen molar-refractivity contribution in [2.45, 2.75) is 44.4 Å². The molecule has 0 bridgehead atoms. The maximum absolute atomic E-state index is 12.3. The van der Waals surface area contributed by atoms with Gasteiger partial charge in [-0.15, -0.1) is 0 Å². The zero-order chi connectivity index (χ0) is 14.7.